The number of pyridine rings is 1. The van der Waals surface area contributed by atoms with Crippen LogP contribution in [-0.2, 0) is 11.2 Å². The molecule has 1 saturated carbocycles. The SMILES string of the molecule is O=C(Nc1nc(-c2ccc3c(c2)CCN3C(=O)C2CC2)cs1)c1ccncc1. The summed E-state index contributed by atoms with van der Waals surface area (Å²) < 4.78 is 0. The number of aromatic nitrogens is 2. The average Bonchev–Trinajstić information content (AvgIpc) is 3.33. The molecule has 1 aliphatic carbocycles. The predicted octanol–water partition coefficient (Wildman–Crippen LogP) is 3.76. The molecule has 6 nitrogen and oxygen atoms in total. The first kappa shape index (κ1) is 17.1. The highest BCUT2D eigenvalue weighted by atomic mass is 32.1. The standard InChI is InChI=1S/C21H18N4O2S/c26-19(13-5-8-22-9-6-13)24-21-23-17(12-28-21)15-3-4-18-16(11-15)7-10-25(18)20(27)14-1-2-14/h3-6,8-9,11-12,14H,1-2,7,10H2,(H,23,24,26). The van der Waals surface area contributed by atoms with Gasteiger partial charge in [-0.2, -0.15) is 0 Å². The van der Waals surface area contributed by atoms with Crippen LogP contribution in [0, 0.1) is 5.92 Å². The number of hydrogen-bond donors (Lipinski definition) is 1. The van der Waals surface area contributed by atoms with E-state index in [9.17, 15) is 9.59 Å². The summed E-state index contributed by atoms with van der Waals surface area (Å²) in [7, 11) is 0. The molecule has 2 amide bonds. The minimum absolute atomic E-state index is 0.202. The van der Waals surface area contributed by atoms with E-state index in [0.29, 0.717) is 10.7 Å². The van der Waals surface area contributed by atoms with E-state index in [-0.39, 0.29) is 17.7 Å². The first-order valence-electron chi connectivity index (χ1n) is 9.30. The molecule has 0 atom stereocenters. The van der Waals surface area contributed by atoms with Crippen LogP contribution in [0.15, 0.2) is 48.1 Å². The second-order valence-corrected chi connectivity index (χ2v) is 7.94. The molecule has 3 aromatic rings. The van der Waals surface area contributed by atoms with Crippen LogP contribution >= 0.6 is 11.3 Å². The van der Waals surface area contributed by atoms with Crippen molar-refractivity contribution in [2.75, 3.05) is 16.8 Å². The molecule has 28 heavy (non-hydrogen) atoms. The third kappa shape index (κ3) is 3.18. The minimum atomic E-state index is -0.202. The lowest BCUT2D eigenvalue weighted by Crippen LogP contribution is -2.30. The van der Waals surface area contributed by atoms with Crippen LogP contribution in [0.4, 0.5) is 10.8 Å². The molecule has 140 valence electrons. The lowest BCUT2D eigenvalue weighted by atomic mass is 10.1. The largest absolute Gasteiger partial charge is 0.312 e. The number of nitrogens with zero attached hydrogens (tertiary/aromatic N) is 3. The zero-order valence-corrected chi connectivity index (χ0v) is 15.9. The van der Waals surface area contributed by atoms with Crippen molar-refractivity contribution in [2.45, 2.75) is 19.3 Å². The monoisotopic (exact) mass is 390 g/mol. The maximum Gasteiger partial charge on any atom is 0.257 e. The van der Waals surface area contributed by atoms with Crippen molar-refractivity contribution in [3.05, 3.63) is 59.2 Å². The van der Waals surface area contributed by atoms with Gasteiger partial charge in [0.2, 0.25) is 5.91 Å². The molecule has 1 aromatic carbocycles. The van der Waals surface area contributed by atoms with Crippen LogP contribution in [0.25, 0.3) is 11.3 Å². The Morgan fingerprint density at radius 2 is 1.96 bits per heavy atom. The third-order valence-corrected chi connectivity index (χ3v) is 5.89. The molecule has 0 saturated heterocycles. The number of rotatable bonds is 4. The number of anilines is 2. The Bertz CT molecular complexity index is 1060. The normalized spacial score (nSPS) is 15.4. The van der Waals surface area contributed by atoms with E-state index in [2.05, 4.69) is 21.4 Å². The first-order chi connectivity index (χ1) is 13.7. The number of fused-ring (bicyclic) bond motifs is 1. The van der Waals surface area contributed by atoms with E-state index in [0.717, 1.165) is 42.8 Å². The molecule has 2 aliphatic rings. The van der Waals surface area contributed by atoms with Gasteiger partial charge in [-0.3, -0.25) is 19.9 Å². The minimum Gasteiger partial charge on any atom is -0.312 e. The Morgan fingerprint density at radius 3 is 2.75 bits per heavy atom. The molecule has 0 bridgehead atoms. The molecule has 1 aliphatic heterocycles. The van der Waals surface area contributed by atoms with E-state index in [4.69, 9.17) is 0 Å². The molecular weight excluding hydrogens is 372 g/mol. The molecule has 7 heteroatoms. The summed E-state index contributed by atoms with van der Waals surface area (Å²) in [6, 6.07) is 9.46. The summed E-state index contributed by atoms with van der Waals surface area (Å²) in [5.41, 5.74) is 4.58. The van der Waals surface area contributed by atoms with Gasteiger partial charge in [0.25, 0.3) is 5.91 Å². The third-order valence-electron chi connectivity index (χ3n) is 5.13. The van der Waals surface area contributed by atoms with Crippen molar-refractivity contribution < 1.29 is 9.59 Å². The molecule has 0 unspecified atom stereocenters. The highest BCUT2D eigenvalue weighted by Gasteiger charge is 2.36. The number of hydrogen-bond acceptors (Lipinski definition) is 5. The van der Waals surface area contributed by atoms with Crippen molar-refractivity contribution in [1.29, 1.82) is 0 Å². The topological polar surface area (TPSA) is 75.2 Å². The second-order valence-electron chi connectivity index (χ2n) is 7.09. The summed E-state index contributed by atoms with van der Waals surface area (Å²) in [6.07, 6.45) is 6.09. The van der Waals surface area contributed by atoms with E-state index in [1.807, 2.05) is 22.4 Å². The Kier molecular flexibility index (Phi) is 4.16. The maximum absolute atomic E-state index is 12.4. The fourth-order valence-corrected chi connectivity index (χ4v) is 4.19. The summed E-state index contributed by atoms with van der Waals surface area (Å²) in [5.74, 6) is 0.295. The van der Waals surface area contributed by atoms with Gasteiger partial charge in [-0.1, -0.05) is 6.07 Å². The number of thiazole rings is 1. The van der Waals surface area contributed by atoms with Gasteiger partial charge >= 0.3 is 0 Å². The van der Waals surface area contributed by atoms with Crippen molar-refractivity contribution in [3.8, 4) is 11.3 Å². The molecule has 0 radical (unpaired) electrons. The Morgan fingerprint density at radius 1 is 1.14 bits per heavy atom. The van der Waals surface area contributed by atoms with Crippen LogP contribution in [0.2, 0.25) is 0 Å². The highest BCUT2D eigenvalue weighted by molar-refractivity contribution is 7.14. The predicted molar refractivity (Wildman–Crippen MR) is 109 cm³/mol. The van der Waals surface area contributed by atoms with Gasteiger partial charge in [-0.15, -0.1) is 11.3 Å². The fraction of sp³-hybridized carbons (Fsp3) is 0.238. The lowest BCUT2D eigenvalue weighted by molar-refractivity contribution is -0.119. The average molecular weight is 390 g/mol. The summed E-state index contributed by atoms with van der Waals surface area (Å²) >= 11 is 1.40. The fourth-order valence-electron chi connectivity index (χ4n) is 3.48. The van der Waals surface area contributed by atoms with Crippen molar-refractivity contribution in [3.63, 3.8) is 0 Å². The van der Waals surface area contributed by atoms with Crippen LogP contribution < -0.4 is 10.2 Å². The molecule has 1 fully saturated rings. The number of amides is 2. The highest BCUT2D eigenvalue weighted by Crippen LogP contribution is 2.38. The number of nitrogens with one attached hydrogen (secondary N) is 1. The van der Waals surface area contributed by atoms with Gasteiger partial charge in [-0.05, 0) is 49.1 Å². The van der Waals surface area contributed by atoms with E-state index in [1.165, 1.54) is 16.9 Å². The summed E-state index contributed by atoms with van der Waals surface area (Å²) in [6.45, 7) is 0.762. The van der Waals surface area contributed by atoms with Gasteiger partial charge in [0, 0.05) is 47.1 Å². The lowest BCUT2D eigenvalue weighted by Gasteiger charge is -2.17. The molecule has 0 spiro atoms. The van der Waals surface area contributed by atoms with Crippen LogP contribution in [-0.4, -0.2) is 28.3 Å². The Labute approximate surface area is 166 Å². The van der Waals surface area contributed by atoms with E-state index < -0.39 is 0 Å². The van der Waals surface area contributed by atoms with E-state index >= 15 is 0 Å². The molecule has 3 heterocycles. The van der Waals surface area contributed by atoms with Crippen LogP contribution in [0.1, 0.15) is 28.8 Å². The Hall–Kier alpha value is -3.06. The molecule has 5 rings (SSSR count). The molecular formula is C21H18N4O2S. The number of benzene rings is 1. The zero-order valence-electron chi connectivity index (χ0n) is 15.1. The van der Waals surface area contributed by atoms with Crippen molar-refractivity contribution in [2.24, 2.45) is 5.92 Å². The molecule has 1 N–H and O–H groups in total. The van der Waals surface area contributed by atoms with Gasteiger partial charge < -0.3 is 4.90 Å². The summed E-state index contributed by atoms with van der Waals surface area (Å²) in [4.78, 5) is 35.1. The van der Waals surface area contributed by atoms with Gasteiger partial charge in [-0.25, -0.2) is 4.98 Å². The van der Waals surface area contributed by atoms with Crippen LogP contribution in [0.5, 0.6) is 0 Å². The number of carbonyl (C=O) groups excluding carboxylic acids is 2. The zero-order chi connectivity index (χ0) is 19.1. The molecule has 2 aromatic heterocycles. The Balaban J connectivity index is 1.34. The van der Waals surface area contributed by atoms with Gasteiger partial charge in [0.15, 0.2) is 5.13 Å². The quantitative estimate of drug-likeness (QED) is 0.736. The van der Waals surface area contributed by atoms with Crippen LogP contribution in [0.3, 0.4) is 0 Å². The van der Waals surface area contributed by atoms with Crippen molar-refractivity contribution in [1.82, 2.24) is 9.97 Å². The summed E-state index contributed by atoms with van der Waals surface area (Å²) in [5, 5.41) is 5.32. The second kappa shape index (κ2) is 6.83. The maximum atomic E-state index is 12.4. The van der Waals surface area contributed by atoms with E-state index in [1.54, 1.807) is 24.5 Å². The van der Waals surface area contributed by atoms with Crippen molar-refractivity contribution >= 4 is 34.0 Å². The van der Waals surface area contributed by atoms with Gasteiger partial charge in [0.05, 0.1) is 5.69 Å². The first-order valence-corrected chi connectivity index (χ1v) is 10.2. The smallest absolute Gasteiger partial charge is 0.257 e. The number of carbonyl (C=O) groups is 2. The van der Waals surface area contributed by atoms with Gasteiger partial charge in [0.1, 0.15) is 0 Å².